The molecule has 0 unspecified atom stereocenters. The number of ether oxygens (including phenoxy) is 1. The van der Waals surface area contributed by atoms with Crippen molar-refractivity contribution in [3.05, 3.63) is 0 Å². The third-order valence-electron chi connectivity index (χ3n) is 3.03. The van der Waals surface area contributed by atoms with Crippen LogP contribution in [0.2, 0.25) is 0 Å². The second kappa shape index (κ2) is 3.06. The van der Waals surface area contributed by atoms with Crippen LogP contribution in [0.25, 0.3) is 0 Å². The van der Waals surface area contributed by atoms with Gasteiger partial charge in [-0.3, -0.25) is 0 Å². The summed E-state index contributed by atoms with van der Waals surface area (Å²) in [6.45, 7) is 0. The van der Waals surface area contributed by atoms with Gasteiger partial charge in [-0.15, -0.1) is 0 Å². The molecule has 1 atom stereocenters. The maximum atomic E-state index is 6.01. The summed E-state index contributed by atoms with van der Waals surface area (Å²) in [5.41, 5.74) is 0.332. The normalized spacial score (nSPS) is 35.2. The van der Waals surface area contributed by atoms with Crippen LogP contribution in [0.1, 0.15) is 38.5 Å². The summed E-state index contributed by atoms with van der Waals surface area (Å²) in [6, 6.07) is 0. The minimum Gasteiger partial charge on any atom is -0.371 e. The van der Waals surface area contributed by atoms with Gasteiger partial charge in [-0.1, -0.05) is 28.8 Å². The van der Waals surface area contributed by atoms with Crippen LogP contribution >= 0.6 is 15.9 Å². The average molecular weight is 219 g/mol. The van der Waals surface area contributed by atoms with Gasteiger partial charge in [0.15, 0.2) is 0 Å². The highest BCUT2D eigenvalue weighted by Gasteiger charge is 2.41. The van der Waals surface area contributed by atoms with Crippen molar-refractivity contribution in [2.75, 3.05) is 5.33 Å². The number of halogens is 1. The van der Waals surface area contributed by atoms with Crippen molar-refractivity contribution in [2.45, 2.75) is 50.2 Å². The van der Waals surface area contributed by atoms with Crippen LogP contribution in [-0.2, 0) is 4.74 Å². The minimum absolute atomic E-state index is 0.332. The van der Waals surface area contributed by atoms with Gasteiger partial charge in [0.25, 0.3) is 0 Å². The Kier molecular flexibility index (Phi) is 2.24. The van der Waals surface area contributed by atoms with Crippen molar-refractivity contribution < 1.29 is 4.74 Å². The van der Waals surface area contributed by atoms with Crippen LogP contribution in [0.5, 0.6) is 0 Å². The minimum atomic E-state index is 0.332. The first kappa shape index (κ1) is 8.06. The monoisotopic (exact) mass is 218 g/mol. The SMILES string of the molecule is BrC[C@@H]1CCC2(CCCC2)O1. The van der Waals surface area contributed by atoms with Crippen LogP contribution in [0.4, 0.5) is 0 Å². The Balaban J connectivity index is 1.96. The van der Waals surface area contributed by atoms with Gasteiger partial charge in [0, 0.05) is 5.33 Å². The van der Waals surface area contributed by atoms with Crippen LogP contribution < -0.4 is 0 Å². The number of hydrogen-bond donors (Lipinski definition) is 0. The molecular formula is C9H15BrO. The second-order valence-corrected chi connectivity index (χ2v) is 4.47. The molecule has 0 N–H and O–H groups in total. The molecule has 11 heavy (non-hydrogen) atoms. The average Bonchev–Trinajstić information content (AvgIpc) is 2.62. The van der Waals surface area contributed by atoms with E-state index >= 15 is 0 Å². The molecule has 1 spiro atoms. The third-order valence-corrected chi connectivity index (χ3v) is 3.75. The summed E-state index contributed by atoms with van der Waals surface area (Å²) < 4.78 is 6.01. The Morgan fingerprint density at radius 1 is 1.27 bits per heavy atom. The summed E-state index contributed by atoms with van der Waals surface area (Å²) in [5.74, 6) is 0. The highest BCUT2D eigenvalue weighted by atomic mass is 79.9. The van der Waals surface area contributed by atoms with E-state index in [0.29, 0.717) is 11.7 Å². The lowest BCUT2D eigenvalue weighted by Gasteiger charge is -2.22. The van der Waals surface area contributed by atoms with Crippen LogP contribution in [0.3, 0.4) is 0 Å². The maximum Gasteiger partial charge on any atom is 0.0687 e. The number of rotatable bonds is 1. The van der Waals surface area contributed by atoms with Crippen LogP contribution in [0.15, 0.2) is 0 Å². The predicted molar refractivity (Wildman–Crippen MR) is 49.1 cm³/mol. The van der Waals surface area contributed by atoms with Crippen molar-refractivity contribution >= 4 is 15.9 Å². The van der Waals surface area contributed by atoms with Gasteiger partial charge < -0.3 is 4.74 Å². The fraction of sp³-hybridized carbons (Fsp3) is 1.00. The second-order valence-electron chi connectivity index (χ2n) is 3.82. The first-order valence-electron chi connectivity index (χ1n) is 4.58. The van der Waals surface area contributed by atoms with Gasteiger partial charge in [0.2, 0.25) is 0 Å². The Labute approximate surface area is 76.6 Å². The van der Waals surface area contributed by atoms with E-state index in [1.54, 1.807) is 0 Å². The highest BCUT2D eigenvalue weighted by molar-refractivity contribution is 9.09. The molecule has 0 amide bonds. The van der Waals surface area contributed by atoms with Crippen LogP contribution in [0, 0.1) is 0 Å². The molecule has 2 aliphatic rings. The molecule has 1 aliphatic heterocycles. The van der Waals surface area contributed by atoms with Gasteiger partial charge in [0.05, 0.1) is 11.7 Å². The van der Waals surface area contributed by atoms with Crippen molar-refractivity contribution in [3.8, 4) is 0 Å². The highest BCUT2D eigenvalue weighted by Crippen LogP contribution is 2.43. The molecule has 0 aromatic heterocycles. The largest absolute Gasteiger partial charge is 0.371 e. The van der Waals surface area contributed by atoms with E-state index in [4.69, 9.17) is 4.74 Å². The number of alkyl halides is 1. The maximum absolute atomic E-state index is 6.01. The summed E-state index contributed by atoms with van der Waals surface area (Å²) >= 11 is 3.48. The van der Waals surface area contributed by atoms with Crippen molar-refractivity contribution in [2.24, 2.45) is 0 Å². The molecule has 2 heteroatoms. The van der Waals surface area contributed by atoms with Crippen LogP contribution in [-0.4, -0.2) is 17.0 Å². The van der Waals surface area contributed by atoms with E-state index in [2.05, 4.69) is 15.9 Å². The molecule has 1 aliphatic carbocycles. The van der Waals surface area contributed by atoms with Crippen molar-refractivity contribution in [3.63, 3.8) is 0 Å². The molecule has 1 nitrogen and oxygen atoms in total. The molecular weight excluding hydrogens is 204 g/mol. The molecule has 64 valence electrons. The fourth-order valence-corrected chi connectivity index (χ4v) is 2.85. The zero-order valence-electron chi connectivity index (χ0n) is 6.81. The summed E-state index contributed by atoms with van der Waals surface area (Å²) in [5, 5.41) is 1.02. The van der Waals surface area contributed by atoms with Crippen molar-refractivity contribution in [1.82, 2.24) is 0 Å². The van der Waals surface area contributed by atoms with E-state index < -0.39 is 0 Å². The summed E-state index contributed by atoms with van der Waals surface area (Å²) in [7, 11) is 0. The van der Waals surface area contributed by atoms with E-state index in [1.807, 2.05) is 0 Å². The Bertz CT molecular complexity index is 140. The van der Waals surface area contributed by atoms with E-state index in [-0.39, 0.29) is 0 Å². The summed E-state index contributed by atoms with van der Waals surface area (Å²) in [6.07, 6.45) is 8.49. The van der Waals surface area contributed by atoms with E-state index in [9.17, 15) is 0 Å². The lowest BCUT2D eigenvalue weighted by Crippen LogP contribution is -2.25. The first-order chi connectivity index (χ1) is 5.35. The zero-order chi connectivity index (χ0) is 7.73. The Morgan fingerprint density at radius 2 is 2.00 bits per heavy atom. The molecule has 0 bridgehead atoms. The molecule has 0 aromatic carbocycles. The molecule has 1 heterocycles. The van der Waals surface area contributed by atoms with Gasteiger partial charge in [0.1, 0.15) is 0 Å². The van der Waals surface area contributed by atoms with Gasteiger partial charge in [-0.05, 0) is 25.7 Å². The third kappa shape index (κ3) is 1.48. The Hall–Kier alpha value is 0.440. The predicted octanol–water partition coefficient (Wildman–Crippen LogP) is 2.87. The Morgan fingerprint density at radius 3 is 2.55 bits per heavy atom. The summed E-state index contributed by atoms with van der Waals surface area (Å²) in [4.78, 5) is 0. The lowest BCUT2D eigenvalue weighted by atomic mass is 9.98. The van der Waals surface area contributed by atoms with E-state index in [1.165, 1.54) is 38.5 Å². The quantitative estimate of drug-likeness (QED) is 0.616. The molecule has 1 saturated carbocycles. The lowest BCUT2D eigenvalue weighted by molar-refractivity contribution is -0.0263. The molecule has 1 saturated heterocycles. The zero-order valence-corrected chi connectivity index (χ0v) is 8.40. The number of hydrogen-bond acceptors (Lipinski definition) is 1. The standard InChI is InChI=1S/C9H15BrO/c10-7-8-3-6-9(11-8)4-1-2-5-9/h8H,1-7H2/t8-/m0/s1. The molecule has 0 aromatic rings. The topological polar surface area (TPSA) is 9.23 Å². The molecule has 2 rings (SSSR count). The van der Waals surface area contributed by atoms with Crippen molar-refractivity contribution in [1.29, 1.82) is 0 Å². The van der Waals surface area contributed by atoms with Gasteiger partial charge >= 0.3 is 0 Å². The van der Waals surface area contributed by atoms with Gasteiger partial charge in [-0.2, -0.15) is 0 Å². The first-order valence-corrected chi connectivity index (χ1v) is 5.71. The smallest absolute Gasteiger partial charge is 0.0687 e. The molecule has 0 radical (unpaired) electrons. The van der Waals surface area contributed by atoms with Gasteiger partial charge in [-0.25, -0.2) is 0 Å². The van der Waals surface area contributed by atoms with E-state index in [0.717, 1.165) is 5.33 Å². The molecule has 2 fully saturated rings. The fourth-order valence-electron chi connectivity index (χ4n) is 2.39.